The van der Waals surface area contributed by atoms with Gasteiger partial charge in [0.2, 0.25) is 0 Å². The van der Waals surface area contributed by atoms with Gasteiger partial charge in [0.25, 0.3) is 5.56 Å². The minimum atomic E-state index is -0.320. The number of aromatic nitrogens is 2. The Balaban J connectivity index is 1.64. The molecule has 0 N–H and O–H groups in total. The highest BCUT2D eigenvalue weighted by atomic mass is 35.5. The number of benzene rings is 3. The third kappa shape index (κ3) is 4.44. The molecule has 0 saturated carbocycles. The second-order valence-electron chi connectivity index (χ2n) is 7.24. The number of halogens is 3. The standard InChI is InChI=1S/C25H15Cl2FN2OS2/c26-20-11-6-15(12-21(20)27)13-33-25-29-23-22(24(31)30(25)18-4-2-1-3-5-18)19(14-32-23)16-7-9-17(28)10-8-16/h1-12,14H,13H2. The molecule has 0 aliphatic rings. The van der Waals surface area contributed by atoms with Crippen LogP contribution in [-0.4, -0.2) is 9.55 Å². The number of fused-ring (bicyclic) bond motifs is 1. The lowest BCUT2D eigenvalue weighted by molar-refractivity contribution is 0.628. The van der Waals surface area contributed by atoms with E-state index in [4.69, 9.17) is 28.2 Å². The first-order valence-electron chi connectivity index (χ1n) is 9.93. The molecule has 0 amide bonds. The van der Waals surface area contributed by atoms with Crippen molar-refractivity contribution in [2.45, 2.75) is 10.9 Å². The average molecular weight is 513 g/mol. The highest BCUT2D eigenvalue weighted by Gasteiger charge is 2.19. The van der Waals surface area contributed by atoms with Gasteiger partial charge in [0.1, 0.15) is 10.6 Å². The van der Waals surface area contributed by atoms with Crippen LogP contribution in [0.15, 0.2) is 88.1 Å². The molecular weight excluding hydrogens is 498 g/mol. The molecule has 3 aromatic carbocycles. The molecule has 0 aliphatic carbocycles. The van der Waals surface area contributed by atoms with Gasteiger partial charge in [-0.3, -0.25) is 9.36 Å². The molecular formula is C25H15Cl2FN2OS2. The minimum Gasteiger partial charge on any atom is -0.268 e. The zero-order valence-electron chi connectivity index (χ0n) is 17.0. The van der Waals surface area contributed by atoms with E-state index in [1.54, 1.807) is 22.8 Å². The Kier molecular flexibility index (Phi) is 6.25. The van der Waals surface area contributed by atoms with Crippen molar-refractivity contribution in [1.29, 1.82) is 0 Å². The molecule has 2 heterocycles. The van der Waals surface area contributed by atoms with Gasteiger partial charge in [-0.15, -0.1) is 11.3 Å². The molecule has 0 atom stereocenters. The van der Waals surface area contributed by atoms with Crippen molar-refractivity contribution in [3.63, 3.8) is 0 Å². The van der Waals surface area contributed by atoms with E-state index in [0.29, 0.717) is 31.2 Å². The van der Waals surface area contributed by atoms with E-state index in [1.165, 1.54) is 35.2 Å². The van der Waals surface area contributed by atoms with Crippen LogP contribution < -0.4 is 5.56 Å². The van der Waals surface area contributed by atoms with Crippen LogP contribution in [0.2, 0.25) is 10.0 Å². The van der Waals surface area contributed by atoms with Gasteiger partial charge < -0.3 is 0 Å². The number of thiophene rings is 1. The van der Waals surface area contributed by atoms with Crippen LogP contribution in [0, 0.1) is 5.82 Å². The topological polar surface area (TPSA) is 34.9 Å². The Morgan fingerprint density at radius 3 is 2.45 bits per heavy atom. The van der Waals surface area contributed by atoms with Gasteiger partial charge in [0.15, 0.2) is 5.16 Å². The summed E-state index contributed by atoms with van der Waals surface area (Å²) in [5, 5.41) is 3.99. The molecule has 0 radical (unpaired) electrons. The third-order valence-corrected chi connectivity index (χ3v) is 7.72. The second kappa shape index (κ2) is 9.31. The van der Waals surface area contributed by atoms with Crippen LogP contribution in [0.5, 0.6) is 0 Å². The lowest BCUT2D eigenvalue weighted by Crippen LogP contribution is -2.21. The summed E-state index contributed by atoms with van der Waals surface area (Å²) >= 11 is 15.1. The van der Waals surface area contributed by atoms with Crippen LogP contribution in [0.3, 0.4) is 0 Å². The zero-order valence-corrected chi connectivity index (χ0v) is 20.1. The summed E-state index contributed by atoms with van der Waals surface area (Å²) in [6, 6.07) is 21.0. The molecule has 0 saturated heterocycles. The number of thioether (sulfide) groups is 1. The number of para-hydroxylation sites is 1. The molecule has 2 aromatic heterocycles. The average Bonchev–Trinajstić information content (AvgIpc) is 3.25. The summed E-state index contributed by atoms with van der Waals surface area (Å²) in [4.78, 5) is 19.3. The Labute approximate surface area is 207 Å². The first-order valence-corrected chi connectivity index (χ1v) is 12.6. The molecule has 0 bridgehead atoms. The van der Waals surface area contributed by atoms with E-state index in [1.807, 2.05) is 47.8 Å². The van der Waals surface area contributed by atoms with Gasteiger partial charge >= 0.3 is 0 Å². The Hall–Kier alpha value is -2.64. The van der Waals surface area contributed by atoms with Crippen LogP contribution >= 0.6 is 46.3 Å². The molecule has 8 heteroatoms. The van der Waals surface area contributed by atoms with Crippen molar-refractivity contribution in [2.24, 2.45) is 0 Å². The second-order valence-corrected chi connectivity index (χ2v) is 9.86. The van der Waals surface area contributed by atoms with E-state index in [2.05, 4.69) is 0 Å². The van der Waals surface area contributed by atoms with Crippen LogP contribution in [0.1, 0.15) is 5.56 Å². The normalized spacial score (nSPS) is 11.2. The van der Waals surface area contributed by atoms with Crippen LogP contribution in [0.4, 0.5) is 4.39 Å². The Morgan fingerprint density at radius 2 is 1.73 bits per heavy atom. The Bertz CT molecular complexity index is 1520. The van der Waals surface area contributed by atoms with Crippen molar-refractivity contribution in [1.82, 2.24) is 9.55 Å². The SMILES string of the molecule is O=c1c2c(-c3ccc(F)cc3)csc2nc(SCc2ccc(Cl)c(Cl)c2)n1-c1ccccc1. The fourth-order valence-electron chi connectivity index (χ4n) is 3.49. The van der Waals surface area contributed by atoms with Gasteiger partial charge in [-0.25, -0.2) is 9.37 Å². The first kappa shape index (κ1) is 22.2. The van der Waals surface area contributed by atoms with E-state index in [0.717, 1.165) is 22.4 Å². The molecule has 0 spiro atoms. The predicted molar refractivity (Wildman–Crippen MR) is 137 cm³/mol. The minimum absolute atomic E-state index is 0.164. The smallest absolute Gasteiger partial charge is 0.268 e. The summed E-state index contributed by atoms with van der Waals surface area (Å²) in [6.07, 6.45) is 0. The maximum Gasteiger partial charge on any atom is 0.268 e. The highest BCUT2D eigenvalue weighted by molar-refractivity contribution is 7.98. The van der Waals surface area contributed by atoms with Gasteiger partial charge in [0, 0.05) is 16.7 Å². The van der Waals surface area contributed by atoms with Crippen molar-refractivity contribution in [3.05, 3.63) is 110 Å². The molecule has 5 rings (SSSR count). The van der Waals surface area contributed by atoms with Crippen molar-refractivity contribution >= 4 is 56.5 Å². The predicted octanol–water partition coefficient (Wildman–Crippen LogP) is 7.85. The van der Waals surface area contributed by atoms with Crippen molar-refractivity contribution in [3.8, 4) is 16.8 Å². The summed E-state index contributed by atoms with van der Waals surface area (Å²) in [5.74, 6) is 0.247. The lowest BCUT2D eigenvalue weighted by Gasteiger charge is -2.13. The number of hydrogen-bond acceptors (Lipinski definition) is 4. The Morgan fingerprint density at radius 1 is 0.970 bits per heavy atom. The highest BCUT2D eigenvalue weighted by Crippen LogP contribution is 2.34. The number of hydrogen-bond donors (Lipinski definition) is 0. The molecule has 5 aromatic rings. The third-order valence-electron chi connectivity index (χ3n) is 5.10. The fourth-order valence-corrected chi connectivity index (χ4v) is 5.76. The van der Waals surface area contributed by atoms with Gasteiger partial charge in [-0.05, 0) is 47.5 Å². The van der Waals surface area contributed by atoms with Crippen LogP contribution in [-0.2, 0) is 5.75 Å². The quantitative estimate of drug-likeness (QED) is 0.177. The molecule has 3 nitrogen and oxygen atoms in total. The molecule has 33 heavy (non-hydrogen) atoms. The largest absolute Gasteiger partial charge is 0.268 e. The maximum atomic E-state index is 13.8. The number of rotatable bonds is 5. The molecule has 0 fully saturated rings. The van der Waals surface area contributed by atoms with Crippen molar-refractivity contribution in [2.75, 3.05) is 0 Å². The first-order chi connectivity index (χ1) is 16.0. The fraction of sp³-hybridized carbons (Fsp3) is 0.0400. The maximum absolute atomic E-state index is 13.8. The van der Waals surface area contributed by atoms with Gasteiger partial charge in [-0.2, -0.15) is 0 Å². The molecule has 0 unspecified atom stereocenters. The van der Waals surface area contributed by atoms with Crippen molar-refractivity contribution < 1.29 is 4.39 Å². The van der Waals surface area contributed by atoms with E-state index in [9.17, 15) is 9.18 Å². The van der Waals surface area contributed by atoms with Gasteiger partial charge in [0.05, 0.1) is 21.1 Å². The van der Waals surface area contributed by atoms with Crippen LogP contribution in [0.25, 0.3) is 27.0 Å². The summed E-state index contributed by atoms with van der Waals surface area (Å²) < 4.78 is 15.1. The summed E-state index contributed by atoms with van der Waals surface area (Å²) in [7, 11) is 0. The monoisotopic (exact) mass is 512 g/mol. The van der Waals surface area contributed by atoms with E-state index < -0.39 is 0 Å². The summed E-state index contributed by atoms with van der Waals surface area (Å²) in [6.45, 7) is 0. The van der Waals surface area contributed by atoms with E-state index in [-0.39, 0.29) is 11.4 Å². The van der Waals surface area contributed by atoms with Gasteiger partial charge in [-0.1, -0.05) is 71.4 Å². The summed E-state index contributed by atoms with van der Waals surface area (Å²) in [5.41, 5.74) is 3.06. The molecule has 164 valence electrons. The number of nitrogens with zero attached hydrogens (tertiary/aromatic N) is 2. The lowest BCUT2D eigenvalue weighted by atomic mass is 10.1. The molecule has 0 aliphatic heterocycles. The zero-order chi connectivity index (χ0) is 22.9. The van der Waals surface area contributed by atoms with E-state index >= 15 is 0 Å².